The van der Waals surface area contributed by atoms with Crippen molar-refractivity contribution in [1.82, 2.24) is 4.57 Å². The van der Waals surface area contributed by atoms with Crippen LogP contribution in [0.4, 0.5) is 5.69 Å². The topological polar surface area (TPSA) is 94.2 Å². The molecule has 0 atom stereocenters. The molecule has 0 aliphatic rings. The first-order valence-corrected chi connectivity index (χ1v) is 7.98. The number of carbonyl (C=O) groups excluding carboxylic acids is 1. The summed E-state index contributed by atoms with van der Waals surface area (Å²) in [5.74, 6) is -0.295. The third-order valence-corrected chi connectivity index (χ3v) is 4.30. The van der Waals surface area contributed by atoms with E-state index in [1.54, 1.807) is 35.8 Å². The van der Waals surface area contributed by atoms with E-state index in [0.717, 1.165) is 0 Å². The van der Waals surface area contributed by atoms with Gasteiger partial charge in [0.1, 0.15) is 5.69 Å². The van der Waals surface area contributed by atoms with Crippen molar-refractivity contribution in [2.45, 2.75) is 25.3 Å². The number of amides is 1. The van der Waals surface area contributed by atoms with Crippen LogP contribution in [0.3, 0.4) is 0 Å². The molecule has 0 unspecified atom stereocenters. The standard InChI is InChI=1S/C14H17N3O3S/c1-3-17-9-5-7-12(17)14(18)16-11-6-4-8-13(10(11)2)21(15,19)20/h4-9H,3H2,1-2H3,(H,16,18)(H2,15,19,20). The Morgan fingerprint density at radius 2 is 2.00 bits per heavy atom. The molecule has 0 aliphatic heterocycles. The number of aryl methyl sites for hydroxylation is 1. The fraction of sp³-hybridized carbons (Fsp3) is 0.214. The van der Waals surface area contributed by atoms with Crippen molar-refractivity contribution in [2.24, 2.45) is 5.14 Å². The Bertz CT molecular complexity index is 779. The number of aromatic nitrogens is 1. The summed E-state index contributed by atoms with van der Waals surface area (Å²) in [4.78, 5) is 12.3. The van der Waals surface area contributed by atoms with Crippen molar-refractivity contribution < 1.29 is 13.2 Å². The Morgan fingerprint density at radius 1 is 1.29 bits per heavy atom. The van der Waals surface area contributed by atoms with E-state index in [4.69, 9.17) is 5.14 Å². The average molecular weight is 307 g/mol. The van der Waals surface area contributed by atoms with E-state index in [0.29, 0.717) is 23.5 Å². The summed E-state index contributed by atoms with van der Waals surface area (Å²) >= 11 is 0. The highest BCUT2D eigenvalue weighted by molar-refractivity contribution is 7.89. The molecule has 2 rings (SSSR count). The van der Waals surface area contributed by atoms with E-state index in [-0.39, 0.29) is 10.8 Å². The Balaban J connectivity index is 2.35. The molecule has 1 amide bonds. The fourth-order valence-corrected chi connectivity index (χ4v) is 2.95. The monoisotopic (exact) mass is 307 g/mol. The van der Waals surface area contributed by atoms with Crippen LogP contribution < -0.4 is 10.5 Å². The van der Waals surface area contributed by atoms with Crippen LogP contribution in [-0.2, 0) is 16.6 Å². The maximum absolute atomic E-state index is 12.3. The lowest BCUT2D eigenvalue weighted by atomic mass is 10.2. The zero-order chi connectivity index (χ0) is 15.6. The molecule has 1 aromatic carbocycles. The first kappa shape index (κ1) is 15.3. The number of primary sulfonamides is 1. The molecular formula is C14H17N3O3S. The summed E-state index contributed by atoms with van der Waals surface area (Å²) in [6.07, 6.45) is 1.81. The van der Waals surface area contributed by atoms with Gasteiger partial charge < -0.3 is 9.88 Å². The Kier molecular flexibility index (Phi) is 4.15. The minimum atomic E-state index is -3.81. The van der Waals surface area contributed by atoms with E-state index < -0.39 is 10.0 Å². The number of nitrogens with one attached hydrogen (secondary N) is 1. The van der Waals surface area contributed by atoms with Crippen molar-refractivity contribution in [3.63, 3.8) is 0 Å². The maximum atomic E-state index is 12.3. The van der Waals surface area contributed by atoms with Gasteiger partial charge in [-0.1, -0.05) is 6.07 Å². The van der Waals surface area contributed by atoms with Gasteiger partial charge in [0.25, 0.3) is 5.91 Å². The fourth-order valence-electron chi connectivity index (χ4n) is 2.14. The van der Waals surface area contributed by atoms with Gasteiger partial charge in [0, 0.05) is 18.4 Å². The number of anilines is 1. The van der Waals surface area contributed by atoms with Gasteiger partial charge in [0.2, 0.25) is 10.0 Å². The quantitative estimate of drug-likeness (QED) is 0.900. The van der Waals surface area contributed by atoms with Crippen LogP contribution in [0.1, 0.15) is 23.0 Å². The molecule has 2 aromatic rings. The second-order valence-corrected chi connectivity index (χ2v) is 6.14. The lowest BCUT2D eigenvalue weighted by Crippen LogP contribution is -2.19. The summed E-state index contributed by atoms with van der Waals surface area (Å²) in [6.45, 7) is 4.21. The molecule has 21 heavy (non-hydrogen) atoms. The average Bonchev–Trinajstić information content (AvgIpc) is 2.88. The SMILES string of the molecule is CCn1cccc1C(=O)Nc1cccc(S(N)(=O)=O)c1C. The van der Waals surface area contributed by atoms with Crippen LogP contribution in [0.2, 0.25) is 0 Å². The predicted molar refractivity (Wildman–Crippen MR) is 80.6 cm³/mol. The number of benzene rings is 1. The van der Waals surface area contributed by atoms with Gasteiger partial charge in [0.05, 0.1) is 4.90 Å². The van der Waals surface area contributed by atoms with Crippen LogP contribution in [0.25, 0.3) is 0 Å². The van der Waals surface area contributed by atoms with Crippen LogP contribution in [0.15, 0.2) is 41.4 Å². The number of nitrogens with zero attached hydrogens (tertiary/aromatic N) is 1. The Hall–Kier alpha value is -2.12. The van der Waals surface area contributed by atoms with E-state index in [1.807, 2.05) is 13.1 Å². The smallest absolute Gasteiger partial charge is 0.272 e. The van der Waals surface area contributed by atoms with Gasteiger partial charge in [-0.2, -0.15) is 0 Å². The lowest BCUT2D eigenvalue weighted by molar-refractivity contribution is 0.101. The van der Waals surface area contributed by atoms with Crippen LogP contribution >= 0.6 is 0 Å². The second-order valence-electron chi connectivity index (χ2n) is 4.61. The molecule has 0 radical (unpaired) electrons. The van der Waals surface area contributed by atoms with Crippen molar-refractivity contribution >= 4 is 21.6 Å². The minimum absolute atomic E-state index is 0.00572. The maximum Gasteiger partial charge on any atom is 0.272 e. The number of hydrogen-bond donors (Lipinski definition) is 2. The van der Waals surface area contributed by atoms with Gasteiger partial charge in [-0.3, -0.25) is 4.79 Å². The van der Waals surface area contributed by atoms with E-state index in [2.05, 4.69) is 5.32 Å². The van der Waals surface area contributed by atoms with Crippen LogP contribution in [0.5, 0.6) is 0 Å². The molecule has 1 heterocycles. The summed E-state index contributed by atoms with van der Waals surface area (Å²) in [6, 6.07) is 8.08. The molecule has 6 nitrogen and oxygen atoms in total. The molecular weight excluding hydrogens is 290 g/mol. The van der Waals surface area contributed by atoms with E-state index in [9.17, 15) is 13.2 Å². The molecule has 112 valence electrons. The molecule has 0 bridgehead atoms. The predicted octanol–water partition coefficient (Wildman–Crippen LogP) is 1.72. The van der Waals surface area contributed by atoms with Gasteiger partial charge in [-0.25, -0.2) is 13.6 Å². The summed E-state index contributed by atoms with van der Waals surface area (Å²) in [7, 11) is -3.81. The zero-order valence-corrected chi connectivity index (χ0v) is 12.6. The first-order valence-electron chi connectivity index (χ1n) is 6.43. The number of sulfonamides is 1. The van der Waals surface area contributed by atoms with Crippen LogP contribution in [-0.4, -0.2) is 18.9 Å². The number of carbonyl (C=O) groups is 1. The molecule has 0 fully saturated rings. The molecule has 1 aromatic heterocycles. The number of hydrogen-bond acceptors (Lipinski definition) is 3. The molecule has 3 N–H and O–H groups in total. The lowest BCUT2D eigenvalue weighted by Gasteiger charge is -2.12. The highest BCUT2D eigenvalue weighted by Crippen LogP contribution is 2.22. The normalized spacial score (nSPS) is 11.4. The van der Waals surface area contributed by atoms with E-state index in [1.165, 1.54) is 6.07 Å². The second kappa shape index (κ2) is 5.71. The minimum Gasteiger partial charge on any atom is -0.344 e. The molecule has 0 saturated carbocycles. The Labute approximate surface area is 123 Å². The number of rotatable bonds is 4. The van der Waals surface area contributed by atoms with Crippen molar-refractivity contribution in [3.05, 3.63) is 47.8 Å². The molecule has 0 saturated heterocycles. The summed E-state index contributed by atoms with van der Waals surface area (Å²) < 4.78 is 24.8. The molecule has 7 heteroatoms. The van der Waals surface area contributed by atoms with Gasteiger partial charge in [-0.05, 0) is 43.7 Å². The molecule has 0 spiro atoms. The van der Waals surface area contributed by atoms with Crippen molar-refractivity contribution in [1.29, 1.82) is 0 Å². The van der Waals surface area contributed by atoms with Gasteiger partial charge in [0.15, 0.2) is 0 Å². The summed E-state index contributed by atoms with van der Waals surface area (Å²) in [5.41, 5.74) is 1.36. The third kappa shape index (κ3) is 3.14. The van der Waals surface area contributed by atoms with Gasteiger partial charge >= 0.3 is 0 Å². The van der Waals surface area contributed by atoms with Crippen molar-refractivity contribution in [2.75, 3.05) is 5.32 Å². The largest absolute Gasteiger partial charge is 0.344 e. The Morgan fingerprint density at radius 3 is 2.62 bits per heavy atom. The summed E-state index contributed by atoms with van der Waals surface area (Å²) in [5, 5.41) is 7.87. The van der Waals surface area contributed by atoms with E-state index >= 15 is 0 Å². The zero-order valence-electron chi connectivity index (χ0n) is 11.8. The molecule has 0 aliphatic carbocycles. The van der Waals surface area contributed by atoms with Gasteiger partial charge in [-0.15, -0.1) is 0 Å². The highest BCUT2D eigenvalue weighted by Gasteiger charge is 2.16. The van der Waals surface area contributed by atoms with Crippen LogP contribution in [0, 0.1) is 6.92 Å². The number of nitrogens with two attached hydrogens (primary N) is 1. The van der Waals surface area contributed by atoms with Crippen molar-refractivity contribution in [3.8, 4) is 0 Å². The first-order chi connectivity index (χ1) is 9.84. The highest BCUT2D eigenvalue weighted by atomic mass is 32.2. The third-order valence-electron chi connectivity index (χ3n) is 3.24.